The third-order valence-corrected chi connectivity index (χ3v) is 11.2. The molecule has 4 nitrogen and oxygen atoms in total. The molecule has 31 heavy (non-hydrogen) atoms. The zero-order valence-corrected chi connectivity index (χ0v) is 19.7. The van der Waals surface area contributed by atoms with Crippen molar-refractivity contribution in [3.05, 3.63) is 11.6 Å². The van der Waals surface area contributed by atoms with Gasteiger partial charge in [-0.2, -0.15) is 0 Å². The monoisotopic (exact) mass is 427 g/mol. The van der Waals surface area contributed by atoms with Gasteiger partial charge in [0.15, 0.2) is 0 Å². The topological polar surface area (TPSA) is 49.8 Å². The summed E-state index contributed by atoms with van der Waals surface area (Å²) in [6.45, 7) is 8.13. The number of hydrogen-bond acceptors (Lipinski definition) is 3. The molecule has 4 heteroatoms. The second kappa shape index (κ2) is 7.06. The average Bonchev–Trinajstić information content (AvgIpc) is 2.97. The Kier molecular flexibility index (Phi) is 4.72. The van der Waals surface area contributed by atoms with Crippen LogP contribution in [-0.4, -0.2) is 34.8 Å². The number of fused-ring (bicyclic) bond motifs is 11. The number of hydrogen-bond donors (Lipinski definition) is 1. The lowest BCUT2D eigenvalue weighted by Crippen LogP contribution is -2.51. The van der Waals surface area contributed by atoms with E-state index in [1.54, 1.807) is 10.6 Å². The fraction of sp³-hybridized carbons (Fsp3) is 0.889. The van der Waals surface area contributed by atoms with E-state index in [9.17, 15) is 9.90 Å². The molecule has 0 spiro atoms. The largest absolute Gasteiger partial charge is 0.393 e. The van der Waals surface area contributed by atoms with E-state index in [0.717, 1.165) is 44.1 Å². The van der Waals surface area contributed by atoms with Gasteiger partial charge in [-0.05, 0) is 104 Å². The molecule has 5 fully saturated rings. The molecule has 2 saturated heterocycles. The van der Waals surface area contributed by atoms with Gasteiger partial charge in [0.2, 0.25) is 5.91 Å². The summed E-state index contributed by atoms with van der Waals surface area (Å²) in [5, 5.41) is 12.1. The van der Waals surface area contributed by atoms with Crippen molar-refractivity contribution in [2.24, 2.45) is 46.3 Å². The van der Waals surface area contributed by atoms with E-state index in [1.807, 2.05) is 0 Å². The van der Waals surface area contributed by atoms with E-state index in [4.69, 9.17) is 4.84 Å². The van der Waals surface area contributed by atoms with Gasteiger partial charge in [-0.15, -0.1) is 0 Å². The van der Waals surface area contributed by atoms with Crippen LogP contribution in [0.3, 0.4) is 0 Å². The lowest BCUT2D eigenvalue weighted by Gasteiger charge is -2.58. The van der Waals surface area contributed by atoms with E-state index >= 15 is 0 Å². The van der Waals surface area contributed by atoms with Crippen LogP contribution < -0.4 is 0 Å². The highest BCUT2D eigenvalue weighted by Gasteiger charge is 2.64. The molecule has 6 rings (SSSR count). The van der Waals surface area contributed by atoms with Gasteiger partial charge < -0.3 is 5.11 Å². The molecule has 1 amide bonds. The highest BCUT2D eigenvalue weighted by Crippen LogP contribution is 2.68. The van der Waals surface area contributed by atoms with E-state index in [-0.39, 0.29) is 23.5 Å². The lowest BCUT2D eigenvalue weighted by atomic mass is 9.47. The molecule has 8 unspecified atom stereocenters. The maximum absolute atomic E-state index is 12.9. The molecule has 6 aliphatic rings. The molecule has 10 atom stereocenters. The van der Waals surface area contributed by atoms with Gasteiger partial charge in [-0.1, -0.05) is 32.4 Å². The number of amides is 1. The number of carbonyl (C=O) groups is 1. The first-order valence-corrected chi connectivity index (χ1v) is 13.1. The molecule has 0 aromatic rings. The van der Waals surface area contributed by atoms with Crippen molar-refractivity contribution >= 4 is 5.91 Å². The Morgan fingerprint density at radius 3 is 2.77 bits per heavy atom. The van der Waals surface area contributed by atoms with Crippen LogP contribution >= 0.6 is 0 Å². The van der Waals surface area contributed by atoms with Gasteiger partial charge in [0, 0.05) is 6.42 Å². The number of carbonyl (C=O) groups excluding carboxylic acids is 1. The fourth-order valence-electron chi connectivity index (χ4n) is 9.59. The van der Waals surface area contributed by atoms with Gasteiger partial charge in [0.05, 0.1) is 18.8 Å². The zero-order valence-electron chi connectivity index (χ0n) is 19.7. The maximum atomic E-state index is 12.9. The summed E-state index contributed by atoms with van der Waals surface area (Å²) in [4.78, 5) is 19.5. The predicted molar refractivity (Wildman–Crippen MR) is 120 cm³/mol. The number of rotatable bonds is 0. The maximum Gasteiger partial charge on any atom is 0.246 e. The Morgan fingerprint density at radius 2 is 1.94 bits per heavy atom. The third kappa shape index (κ3) is 2.96. The quantitative estimate of drug-likeness (QED) is 0.546. The second-order valence-corrected chi connectivity index (χ2v) is 12.7. The molecule has 0 radical (unpaired) electrons. The number of hydroxylamine groups is 2. The van der Waals surface area contributed by atoms with E-state index < -0.39 is 0 Å². The fourth-order valence-corrected chi connectivity index (χ4v) is 9.59. The van der Waals surface area contributed by atoms with Crippen molar-refractivity contribution < 1.29 is 14.7 Å². The van der Waals surface area contributed by atoms with Gasteiger partial charge in [0.1, 0.15) is 0 Å². The van der Waals surface area contributed by atoms with E-state index in [0.29, 0.717) is 35.5 Å². The lowest BCUT2D eigenvalue weighted by molar-refractivity contribution is -0.210. The SMILES string of the molecule is CC1CCC2CC(=O)N(C1)OC1CC3C4CC=C5CC(O)CC[C@]5(C)C4CC[C@]3(C)C21. The molecule has 3 saturated carbocycles. The zero-order chi connectivity index (χ0) is 21.5. The number of aliphatic hydroxyl groups is 1. The van der Waals surface area contributed by atoms with Gasteiger partial charge in [0.25, 0.3) is 0 Å². The summed E-state index contributed by atoms with van der Waals surface area (Å²) < 4.78 is 0. The van der Waals surface area contributed by atoms with Crippen molar-refractivity contribution in [1.29, 1.82) is 0 Å². The average molecular weight is 428 g/mol. The first-order valence-electron chi connectivity index (χ1n) is 13.1. The molecular weight excluding hydrogens is 386 g/mol. The number of allylic oxidation sites excluding steroid dienone is 1. The Hall–Kier alpha value is -0.870. The predicted octanol–water partition coefficient (Wildman–Crippen LogP) is 5.11. The van der Waals surface area contributed by atoms with Crippen LogP contribution in [-0.2, 0) is 9.63 Å². The van der Waals surface area contributed by atoms with Gasteiger partial charge >= 0.3 is 0 Å². The van der Waals surface area contributed by atoms with Crippen LogP contribution in [0.1, 0.15) is 85.0 Å². The van der Waals surface area contributed by atoms with Crippen molar-refractivity contribution in [2.75, 3.05) is 6.54 Å². The standard InChI is InChI=1S/C27H41NO3/c1-16-4-5-17-12-24(30)28(15-16)31-23-14-22-20-7-6-18-13-19(29)8-10-26(18,2)21(20)9-11-27(22,3)25(17)23/h6,16-17,19-23,25,29H,4-5,7-15H2,1-3H3/t16?,17?,19?,20?,21?,22?,23?,25?,26-,27-/m0/s1. The van der Waals surface area contributed by atoms with Crippen molar-refractivity contribution in [3.63, 3.8) is 0 Å². The van der Waals surface area contributed by atoms with E-state index in [1.165, 1.54) is 32.1 Å². The first-order chi connectivity index (χ1) is 14.8. The smallest absolute Gasteiger partial charge is 0.246 e. The van der Waals surface area contributed by atoms with Crippen LogP contribution in [0.4, 0.5) is 0 Å². The summed E-state index contributed by atoms with van der Waals surface area (Å²) in [5.74, 6) is 3.99. The number of nitrogens with zero attached hydrogens (tertiary/aromatic N) is 1. The molecule has 1 N–H and O–H groups in total. The van der Waals surface area contributed by atoms with Crippen LogP contribution in [0.15, 0.2) is 11.6 Å². The molecule has 0 aromatic carbocycles. The minimum atomic E-state index is -0.131. The highest BCUT2D eigenvalue weighted by atomic mass is 16.7. The summed E-state index contributed by atoms with van der Waals surface area (Å²) >= 11 is 0. The highest BCUT2D eigenvalue weighted by molar-refractivity contribution is 5.75. The molecular formula is C27H41NO3. The van der Waals surface area contributed by atoms with Gasteiger partial charge in [-0.25, -0.2) is 5.06 Å². The summed E-state index contributed by atoms with van der Waals surface area (Å²) in [6.07, 6.45) is 13.7. The molecule has 2 bridgehead atoms. The van der Waals surface area contributed by atoms with Crippen molar-refractivity contribution in [3.8, 4) is 0 Å². The van der Waals surface area contributed by atoms with Crippen molar-refractivity contribution in [1.82, 2.24) is 5.06 Å². The normalized spacial score (nSPS) is 54.0. The summed E-state index contributed by atoms with van der Waals surface area (Å²) in [6, 6.07) is 0. The number of aliphatic hydroxyl groups excluding tert-OH is 1. The first kappa shape index (κ1) is 20.7. The third-order valence-electron chi connectivity index (χ3n) is 11.2. The summed E-state index contributed by atoms with van der Waals surface area (Å²) in [7, 11) is 0. The van der Waals surface area contributed by atoms with Gasteiger partial charge in [-0.3, -0.25) is 9.63 Å². The Bertz CT molecular complexity index is 793. The van der Waals surface area contributed by atoms with Crippen LogP contribution in [0.2, 0.25) is 0 Å². The minimum absolute atomic E-state index is 0.131. The molecule has 172 valence electrons. The van der Waals surface area contributed by atoms with Crippen LogP contribution in [0, 0.1) is 46.3 Å². The molecule has 2 aliphatic heterocycles. The Balaban J connectivity index is 1.34. The van der Waals surface area contributed by atoms with Crippen LogP contribution in [0.5, 0.6) is 0 Å². The molecule has 0 aromatic heterocycles. The molecule has 4 aliphatic carbocycles. The Morgan fingerprint density at radius 1 is 1.10 bits per heavy atom. The molecule has 2 heterocycles. The second-order valence-electron chi connectivity index (χ2n) is 12.7. The minimum Gasteiger partial charge on any atom is -0.393 e. The Labute approximate surface area is 187 Å². The van der Waals surface area contributed by atoms with Crippen molar-refractivity contribution in [2.45, 2.75) is 97.2 Å². The van der Waals surface area contributed by atoms with E-state index in [2.05, 4.69) is 26.8 Å². The van der Waals surface area contributed by atoms with Crippen LogP contribution in [0.25, 0.3) is 0 Å². The summed E-state index contributed by atoms with van der Waals surface area (Å²) in [5.41, 5.74) is 2.14.